The lowest BCUT2D eigenvalue weighted by Gasteiger charge is -2.06. The molecule has 0 radical (unpaired) electrons. The Morgan fingerprint density at radius 1 is 0.824 bits per heavy atom. The highest BCUT2D eigenvalue weighted by atomic mass is 14.5. The molecule has 0 saturated carbocycles. The minimum absolute atomic E-state index is 0.865. The predicted octanol–water partition coefficient (Wildman–Crippen LogP) is 3.67. The number of hydrogen-bond acceptors (Lipinski definition) is 1. The third kappa shape index (κ3) is 3.35. The Bertz CT molecular complexity index is 494. The van der Waals surface area contributed by atoms with Gasteiger partial charge in [0.15, 0.2) is 0 Å². The van der Waals surface area contributed by atoms with Crippen molar-refractivity contribution in [2.45, 2.75) is 26.7 Å². The molecule has 0 spiro atoms. The lowest BCUT2D eigenvalue weighted by molar-refractivity contribution is 0.956. The van der Waals surface area contributed by atoms with E-state index in [1.165, 1.54) is 22.3 Å². The fourth-order valence-electron chi connectivity index (χ4n) is 2.20. The van der Waals surface area contributed by atoms with Crippen LogP contribution in [0.1, 0.15) is 22.3 Å². The minimum atomic E-state index is 0.865. The number of rotatable bonds is 3. The molecule has 1 nitrogen and oxygen atoms in total. The van der Waals surface area contributed by atoms with E-state index >= 15 is 0 Å². The van der Waals surface area contributed by atoms with Crippen LogP contribution >= 0.6 is 0 Å². The van der Waals surface area contributed by atoms with E-state index in [4.69, 9.17) is 5.73 Å². The quantitative estimate of drug-likeness (QED) is 0.792. The second-order valence-corrected chi connectivity index (χ2v) is 4.74. The summed E-state index contributed by atoms with van der Waals surface area (Å²) in [7, 11) is 0. The Hall–Kier alpha value is -1.76. The van der Waals surface area contributed by atoms with Crippen LogP contribution in [-0.2, 0) is 12.8 Å². The Balaban J connectivity index is 2.07. The molecule has 0 aliphatic rings. The van der Waals surface area contributed by atoms with E-state index < -0.39 is 0 Å². The summed E-state index contributed by atoms with van der Waals surface area (Å²) in [5, 5.41) is 0. The first-order valence-corrected chi connectivity index (χ1v) is 6.05. The highest BCUT2D eigenvalue weighted by Crippen LogP contribution is 2.14. The molecule has 0 heterocycles. The maximum atomic E-state index is 5.85. The predicted molar refractivity (Wildman–Crippen MR) is 74.2 cm³/mol. The molecule has 0 fully saturated rings. The van der Waals surface area contributed by atoms with E-state index in [1.807, 2.05) is 6.07 Å². The van der Waals surface area contributed by atoms with Gasteiger partial charge in [-0.05, 0) is 55.5 Å². The standard InChI is InChI=1S/C16H19N/c1-12-4-3-5-14(8-12)6-7-15-9-13(2)10-16(17)11-15/h3-5,8-11H,6-7,17H2,1-2H3. The van der Waals surface area contributed by atoms with E-state index in [9.17, 15) is 0 Å². The van der Waals surface area contributed by atoms with Gasteiger partial charge in [0.25, 0.3) is 0 Å². The van der Waals surface area contributed by atoms with Gasteiger partial charge in [0.2, 0.25) is 0 Å². The van der Waals surface area contributed by atoms with Crippen molar-refractivity contribution >= 4 is 5.69 Å². The van der Waals surface area contributed by atoms with E-state index in [-0.39, 0.29) is 0 Å². The zero-order valence-electron chi connectivity index (χ0n) is 10.5. The van der Waals surface area contributed by atoms with Crippen molar-refractivity contribution in [3.63, 3.8) is 0 Å². The maximum absolute atomic E-state index is 5.85. The van der Waals surface area contributed by atoms with Gasteiger partial charge in [0, 0.05) is 5.69 Å². The van der Waals surface area contributed by atoms with E-state index in [0.717, 1.165) is 18.5 Å². The fraction of sp³-hybridized carbons (Fsp3) is 0.250. The largest absolute Gasteiger partial charge is 0.399 e. The summed E-state index contributed by atoms with van der Waals surface area (Å²) in [5.41, 5.74) is 12.0. The summed E-state index contributed by atoms with van der Waals surface area (Å²) in [6.07, 6.45) is 2.12. The van der Waals surface area contributed by atoms with Crippen LogP contribution in [0.3, 0.4) is 0 Å². The van der Waals surface area contributed by atoms with Crippen LogP contribution in [0.25, 0.3) is 0 Å². The smallest absolute Gasteiger partial charge is 0.0319 e. The molecule has 1 heteroatoms. The molecular weight excluding hydrogens is 206 g/mol. The van der Waals surface area contributed by atoms with Gasteiger partial charge < -0.3 is 5.73 Å². The highest BCUT2D eigenvalue weighted by Gasteiger charge is 1.98. The van der Waals surface area contributed by atoms with Gasteiger partial charge in [-0.15, -0.1) is 0 Å². The molecule has 0 amide bonds. The first kappa shape index (κ1) is 11.7. The SMILES string of the molecule is Cc1cccc(CCc2cc(C)cc(N)c2)c1. The molecule has 88 valence electrons. The summed E-state index contributed by atoms with van der Waals surface area (Å²) in [6.45, 7) is 4.22. The second-order valence-electron chi connectivity index (χ2n) is 4.74. The Morgan fingerprint density at radius 2 is 1.53 bits per heavy atom. The molecule has 2 aromatic carbocycles. The zero-order chi connectivity index (χ0) is 12.3. The molecule has 17 heavy (non-hydrogen) atoms. The van der Waals surface area contributed by atoms with Crippen molar-refractivity contribution in [3.05, 3.63) is 64.7 Å². The molecular formula is C16H19N. The van der Waals surface area contributed by atoms with Gasteiger partial charge in [-0.3, -0.25) is 0 Å². The molecule has 2 rings (SSSR count). The Morgan fingerprint density at radius 3 is 2.24 bits per heavy atom. The van der Waals surface area contributed by atoms with Crippen LogP contribution in [0, 0.1) is 13.8 Å². The zero-order valence-corrected chi connectivity index (χ0v) is 10.5. The number of nitrogens with two attached hydrogens (primary N) is 1. The number of aryl methyl sites for hydroxylation is 4. The number of benzene rings is 2. The van der Waals surface area contributed by atoms with Crippen LogP contribution < -0.4 is 5.73 Å². The summed E-state index contributed by atoms with van der Waals surface area (Å²) >= 11 is 0. The monoisotopic (exact) mass is 225 g/mol. The number of anilines is 1. The summed E-state index contributed by atoms with van der Waals surface area (Å²) < 4.78 is 0. The van der Waals surface area contributed by atoms with Gasteiger partial charge >= 0.3 is 0 Å². The summed E-state index contributed by atoms with van der Waals surface area (Å²) in [6, 6.07) is 15.0. The third-order valence-corrected chi connectivity index (χ3v) is 2.94. The Labute approximate surface area is 103 Å². The van der Waals surface area contributed by atoms with Crippen molar-refractivity contribution in [2.75, 3.05) is 5.73 Å². The second kappa shape index (κ2) is 5.05. The van der Waals surface area contributed by atoms with Crippen LogP contribution in [0.4, 0.5) is 5.69 Å². The Kier molecular flexibility index (Phi) is 3.48. The average molecular weight is 225 g/mol. The normalized spacial score (nSPS) is 10.5. The van der Waals surface area contributed by atoms with Gasteiger partial charge in [-0.1, -0.05) is 35.9 Å². The first-order chi connectivity index (χ1) is 8.13. The molecule has 0 bridgehead atoms. The molecule has 2 aromatic rings. The summed E-state index contributed by atoms with van der Waals surface area (Å²) in [5.74, 6) is 0. The van der Waals surface area contributed by atoms with Crippen molar-refractivity contribution in [1.29, 1.82) is 0 Å². The van der Waals surface area contributed by atoms with Gasteiger partial charge in [-0.25, -0.2) is 0 Å². The van der Waals surface area contributed by atoms with E-state index in [2.05, 4.69) is 50.2 Å². The third-order valence-electron chi connectivity index (χ3n) is 2.94. The van der Waals surface area contributed by atoms with Crippen molar-refractivity contribution in [2.24, 2.45) is 0 Å². The first-order valence-electron chi connectivity index (χ1n) is 6.05. The van der Waals surface area contributed by atoms with Crippen LogP contribution in [0.5, 0.6) is 0 Å². The van der Waals surface area contributed by atoms with Crippen LogP contribution in [0.2, 0.25) is 0 Å². The highest BCUT2D eigenvalue weighted by molar-refractivity contribution is 5.44. The average Bonchev–Trinajstić information content (AvgIpc) is 2.25. The number of nitrogen functional groups attached to an aromatic ring is 1. The van der Waals surface area contributed by atoms with Crippen molar-refractivity contribution in [3.8, 4) is 0 Å². The molecule has 0 saturated heterocycles. The maximum Gasteiger partial charge on any atom is 0.0319 e. The lowest BCUT2D eigenvalue weighted by Crippen LogP contribution is -1.95. The topological polar surface area (TPSA) is 26.0 Å². The van der Waals surface area contributed by atoms with Gasteiger partial charge in [0.05, 0.1) is 0 Å². The van der Waals surface area contributed by atoms with Gasteiger partial charge in [-0.2, -0.15) is 0 Å². The van der Waals surface area contributed by atoms with E-state index in [1.54, 1.807) is 0 Å². The molecule has 2 N–H and O–H groups in total. The van der Waals surface area contributed by atoms with E-state index in [0.29, 0.717) is 0 Å². The van der Waals surface area contributed by atoms with Crippen molar-refractivity contribution in [1.82, 2.24) is 0 Å². The van der Waals surface area contributed by atoms with Crippen molar-refractivity contribution < 1.29 is 0 Å². The lowest BCUT2D eigenvalue weighted by atomic mass is 10.0. The summed E-state index contributed by atoms with van der Waals surface area (Å²) in [4.78, 5) is 0. The van der Waals surface area contributed by atoms with Gasteiger partial charge in [0.1, 0.15) is 0 Å². The molecule has 0 aromatic heterocycles. The minimum Gasteiger partial charge on any atom is -0.399 e. The number of hydrogen-bond donors (Lipinski definition) is 1. The van der Waals surface area contributed by atoms with Crippen LogP contribution in [-0.4, -0.2) is 0 Å². The molecule has 0 unspecified atom stereocenters. The fourth-order valence-corrected chi connectivity index (χ4v) is 2.20. The molecule has 0 atom stereocenters. The molecule has 0 aliphatic heterocycles. The molecule has 0 aliphatic carbocycles. The van der Waals surface area contributed by atoms with Crippen LogP contribution in [0.15, 0.2) is 42.5 Å².